The number of aryl methyl sites for hydroxylation is 2. The number of nitrogens with one attached hydrogen (secondary N) is 1. The van der Waals surface area contributed by atoms with Gasteiger partial charge in [-0.25, -0.2) is 8.42 Å². The zero-order valence-electron chi connectivity index (χ0n) is 13.6. The molecule has 5 nitrogen and oxygen atoms in total. The van der Waals surface area contributed by atoms with Crippen molar-refractivity contribution in [2.24, 2.45) is 0 Å². The number of rotatable bonds is 7. The highest BCUT2D eigenvalue weighted by Crippen LogP contribution is 2.25. The quantitative estimate of drug-likeness (QED) is 0.782. The van der Waals surface area contributed by atoms with Crippen LogP contribution in [0, 0.1) is 13.8 Å². The number of carbonyl (C=O) groups is 1. The highest BCUT2D eigenvalue weighted by molar-refractivity contribution is 7.92. The highest BCUT2D eigenvalue weighted by Gasteiger charge is 2.31. The minimum absolute atomic E-state index is 0.305. The Labute approximate surface area is 133 Å². The van der Waals surface area contributed by atoms with Gasteiger partial charge in [0.2, 0.25) is 15.9 Å². The Morgan fingerprint density at radius 1 is 1.36 bits per heavy atom. The van der Waals surface area contributed by atoms with Crippen LogP contribution in [0.25, 0.3) is 0 Å². The van der Waals surface area contributed by atoms with Crippen molar-refractivity contribution < 1.29 is 13.2 Å². The Bertz CT molecular complexity index is 653. The first-order valence-electron chi connectivity index (χ1n) is 7.17. The van der Waals surface area contributed by atoms with Crippen molar-refractivity contribution in [2.75, 3.05) is 17.1 Å². The predicted octanol–water partition coefficient (Wildman–Crippen LogP) is 2.15. The van der Waals surface area contributed by atoms with Crippen LogP contribution in [0.2, 0.25) is 0 Å². The number of nitrogens with zero attached hydrogens (tertiary/aromatic N) is 1. The molecule has 0 aliphatic carbocycles. The second-order valence-electron chi connectivity index (χ2n) is 5.29. The summed E-state index contributed by atoms with van der Waals surface area (Å²) >= 11 is 0. The summed E-state index contributed by atoms with van der Waals surface area (Å²) in [6.45, 7) is 9.51. The van der Waals surface area contributed by atoms with Crippen LogP contribution in [0.3, 0.4) is 0 Å². The van der Waals surface area contributed by atoms with Gasteiger partial charge in [0, 0.05) is 6.54 Å². The summed E-state index contributed by atoms with van der Waals surface area (Å²) in [6, 6.07) is 4.60. The molecule has 0 fully saturated rings. The van der Waals surface area contributed by atoms with Crippen LogP contribution in [-0.2, 0) is 14.8 Å². The second kappa shape index (κ2) is 7.45. The molecule has 0 saturated heterocycles. The summed E-state index contributed by atoms with van der Waals surface area (Å²) in [5.41, 5.74) is 2.56. The fourth-order valence-corrected chi connectivity index (χ4v) is 3.42. The first kappa shape index (κ1) is 18.2. The molecule has 1 aromatic carbocycles. The fourth-order valence-electron chi connectivity index (χ4n) is 2.21. The van der Waals surface area contributed by atoms with E-state index in [1.165, 1.54) is 4.31 Å². The Kier molecular flexibility index (Phi) is 6.17. The molecule has 1 aromatic rings. The largest absolute Gasteiger partial charge is 0.351 e. The molecule has 6 heteroatoms. The van der Waals surface area contributed by atoms with Crippen molar-refractivity contribution >= 4 is 21.6 Å². The molecule has 1 amide bonds. The van der Waals surface area contributed by atoms with E-state index in [2.05, 4.69) is 11.9 Å². The predicted molar refractivity (Wildman–Crippen MR) is 90.5 cm³/mol. The minimum atomic E-state index is -3.58. The third kappa shape index (κ3) is 4.34. The normalized spacial score (nSPS) is 12.5. The zero-order chi connectivity index (χ0) is 16.9. The summed E-state index contributed by atoms with van der Waals surface area (Å²) in [5.74, 6) is -0.328. The summed E-state index contributed by atoms with van der Waals surface area (Å²) in [5, 5.41) is 2.67. The average molecular weight is 324 g/mol. The second-order valence-corrected chi connectivity index (χ2v) is 7.14. The number of benzene rings is 1. The molecule has 1 atom stereocenters. The molecular weight excluding hydrogens is 300 g/mol. The molecule has 0 saturated carbocycles. The van der Waals surface area contributed by atoms with Crippen LogP contribution in [0.1, 0.15) is 24.5 Å². The summed E-state index contributed by atoms with van der Waals surface area (Å²) in [4.78, 5) is 12.3. The molecule has 1 unspecified atom stereocenters. The molecule has 1 rings (SSSR count). The van der Waals surface area contributed by atoms with Crippen LogP contribution >= 0.6 is 0 Å². The van der Waals surface area contributed by atoms with Gasteiger partial charge < -0.3 is 5.32 Å². The van der Waals surface area contributed by atoms with Crippen molar-refractivity contribution in [1.29, 1.82) is 0 Å². The maximum atomic E-state index is 12.3. The number of carbonyl (C=O) groups excluding carboxylic acids is 1. The number of hydrogen-bond donors (Lipinski definition) is 1. The van der Waals surface area contributed by atoms with Gasteiger partial charge in [0.15, 0.2) is 0 Å². The van der Waals surface area contributed by atoms with Gasteiger partial charge in [-0.05, 0) is 43.5 Å². The lowest BCUT2D eigenvalue weighted by Crippen LogP contribution is -2.49. The number of sulfonamides is 1. The van der Waals surface area contributed by atoms with E-state index >= 15 is 0 Å². The lowest BCUT2D eigenvalue weighted by Gasteiger charge is -2.30. The van der Waals surface area contributed by atoms with Crippen molar-refractivity contribution in [1.82, 2.24) is 5.32 Å². The first-order valence-corrected chi connectivity index (χ1v) is 9.02. The number of anilines is 1. The maximum Gasteiger partial charge on any atom is 0.244 e. The van der Waals surface area contributed by atoms with Crippen LogP contribution < -0.4 is 9.62 Å². The highest BCUT2D eigenvalue weighted by atomic mass is 32.2. The van der Waals surface area contributed by atoms with Gasteiger partial charge in [-0.1, -0.05) is 19.1 Å². The topological polar surface area (TPSA) is 66.5 Å². The van der Waals surface area contributed by atoms with E-state index in [4.69, 9.17) is 0 Å². The Morgan fingerprint density at radius 2 is 2.00 bits per heavy atom. The van der Waals surface area contributed by atoms with Crippen molar-refractivity contribution in [3.8, 4) is 0 Å². The molecule has 0 heterocycles. The molecule has 0 spiro atoms. The van der Waals surface area contributed by atoms with Gasteiger partial charge in [-0.3, -0.25) is 9.10 Å². The molecule has 122 valence electrons. The van der Waals surface area contributed by atoms with E-state index in [0.29, 0.717) is 18.7 Å². The van der Waals surface area contributed by atoms with Gasteiger partial charge in [-0.15, -0.1) is 6.58 Å². The van der Waals surface area contributed by atoms with Gasteiger partial charge in [0.25, 0.3) is 0 Å². The third-order valence-electron chi connectivity index (χ3n) is 3.50. The Morgan fingerprint density at radius 3 is 2.45 bits per heavy atom. The number of hydrogen-bond acceptors (Lipinski definition) is 3. The molecular formula is C16H24N2O3S. The van der Waals surface area contributed by atoms with E-state index in [0.717, 1.165) is 17.4 Å². The van der Waals surface area contributed by atoms with Gasteiger partial charge in [-0.2, -0.15) is 0 Å². The molecule has 0 aliphatic rings. The zero-order valence-corrected chi connectivity index (χ0v) is 14.4. The van der Waals surface area contributed by atoms with Crippen LogP contribution in [-0.4, -0.2) is 33.2 Å². The summed E-state index contributed by atoms with van der Waals surface area (Å²) in [7, 11) is -3.58. The van der Waals surface area contributed by atoms with Crippen molar-refractivity contribution in [2.45, 2.75) is 33.2 Å². The summed E-state index contributed by atoms with van der Waals surface area (Å²) in [6.07, 6.45) is 3.06. The fraction of sp³-hybridized carbons (Fsp3) is 0.438. The lowest BCUT2D eigenvalue weighted by molar-refractivity contribution is -0.122. The SMILES string of the molecule is C=CCNC(=O)C(CC)N(c1ccc(C)c(C)c1)S(C)(=O)=O. The maximum absolute atomic E-state index is 12.3. The molecule has 0 aromatic heterocycles. The first-order chi connectivity index (χ1) is 10.2. The molecule has 0 bridgehead atoms. The minimum Gasteiger partial charge on any atom is -0.351 e. The smallest absolute Gasteiger partial charge is 0.244 e. The van der Waals surface area contributed by atoms with Crippen molar-refractivity contribution in [3.63, 3.8) is 0 Å². The van der Waals surface area contributed by atoms with E-state index in [1.807, 2.05) is 19.9 Å². The molecule has 0 aliphatic heterocycles. The van der Waals surface area contributed by atoms with Gasteiger partial charge in [0.05, 0.1) is 11.9 Å². The van der Waals surface area contributed by atoms with E-state index in [1.54, 1.807) is 25.1 Å². The van der Waals surface area contributed by atoms with Gasteiger partial charge >= 0.3 is 0 Å². The Hall–Kier alpha value is -1.82. The summed E-state index contributed by atoms with van der Waals surface area (Å²) < 4.78 is 25.7. The van der Waals surface area contributed by atoms with E-state index in [-0.39, 0.29) is 5.91 Å². The Balaban J connectivity index is 3.29. The lowest BCUT2D eigenvalue weighted by atomic mass is 10.1. The number of amides is 1. The molecule has 1 N–H and O–H groups in total. The third-order valence-corrected chi connectivity index (χ3v) is 4.68. The standard InChI is InChI=1S/C16H24N2O3S/c1-6-10-17-16(19)15(7-2)18(22(5,20)21)14-9-8-12(3)13(4)11-14/h6,8-9,11,15H,1,7,10H2,2-5H3,(H,17,19). The average Bonchev–Trinajstić information content (AvgIpc) is 2.44. The molecule has 22 heavy (non-hydrogen) atoms. The van der Waals surface area contributed by atoms with Crippen LogP contribution in [0.4, 0.5) is 5.69 Å². The van der Waals surface area contributed by atoms with Crippen LogP contribution in [0.5, 0.6) is 0 Å². The van der Waals surface area contributed by atoms with Gasteiger partial charge in [0.1, 0.15) is 6.04 Å². The van der Waals surface area contributed by atoms with Crippen LogP contribution in [0.15, 0.2) is 30.9 Å². The monoisotopic (exact) mass is 324 g/mol. The molecule has 0 radical (unpaired) electrons. The van der Waals surface area contributed by atoms with Crippen molar-refractivity contribution in [3.05, 3.63) is 42.0 Å². The van der Waals surface area contributed by atoms with E-state index in [9.17, 15) is 13.2 Å². The van der Waals surface area contributed by atoms with E-state index < -0.39 is 16.1 Å².